The van der Waals surface area contributed by atoms with E-state index in [4.69, 9.17) is 10.5 Å². The molecule has 2 aliphatic heterocycles. The number of methoxy groups -OCH3 is 1. The first kappa shape index (κ1) is 19.2. The largest absolute Gasteiger partial charge is 0.381 e. The third kappa shape index (κ3) is 3.75. The molecule has 3 rings (SSSR count). The number of halogens is 1. The lowest BCUT2D eigenvalue weighted by Gasteiger charge is -2.39. The molecule has 0 radical (unpaired) electrons. The van der Waals surface area contributed by atoms with E-state index in [1.807, 2.05) is 23.1 Å². The van der Waals surface area contributed by atoms with E-state index in [0.717, 1.165) is 31.5 Å². The monoisotopic (exact) mass is 353 g/mol. The molecule has 0 bridgehead atoms. The number of para-hydroxylation sites is 1. The molecule has 0 aromatic heterocycles. The summed E-state index contributed by atoms with van der Waals surface area (Å²) in [5.41, 5.74) is 8.26. The summed E-state index contributed by atoms with van der Waals surface area (Å²) in [4.78, 5) is 17.1. The normalized spacial score (nSPS) is 26.8. The lowest BCUT2D eigenvalue weighted by Crippen LogP contribution is -2.53. The van der Waals surface area contributed by atoms with Gasteiger partial charge in [0.1, 0.15) is 0 Å². The zero-order valence-electron chi connectivity index (χ0n) is 14.5. The molecule has 2 N–H and O–H groups in total. The molecule has 1 fully saturated rings. The number of nitrogens with zero attached hydrogens (tertiary/aromatic N) is 2. The van der Waals surface area contributed by atoms with Crippen LogP contribution in [-0.2, 0) is 16.0 Å². The number of amides is 1. The van der Waals surface area contributed by atoms with Crippen LogP contribution in [0, 0.1) is 0 Å². The summed E-state index contributed by atoms with van der Waals surface area (Å²) >= 11 is 0. The van der Waals surface area contributed by atoms with Crippen LogP contribution < -0.4 is 10.6 Å². The van der Waals surface area contributed by atoms with Gasteiger partial charge in [0.2, 0.25) is 5.91 Å². The topological polar surface area (TPSA) is 58.8 Å². The lowest BCUT2D eigenvalue weighted by molar-refractivity contribution is -0.121. The van der Waals surface area contributed by atoms with Crippen molar-refractivity contribution < 1.29 is 9.53 Å². The maximum absolute atomic E-state index is 12.9. The summed E-state index contributed by atoms with van der Waals surface area (Å²) in [6.45, 7) is 4.00. The number of fused-ring (bicyclic) bond motifs is 1. The van der Waals surface area contributed by atoms with E-state index < -0.39 is 0 Å². The van der Waals surface area contributed by atoms with Crippen LogP contribution >= 0.6 is 12.4 Å². The van der Waals surface area contributed by atoms with Gasteiger partial charge in [0.05, 0.1) is 12.6 Å². The number of hydrogen-bond acceptors (Lipinski definition) is 4. The molecule has 134 valence electrons. The molecule has 6 heteroatoms. The minimum Gasteiger partial charge on any atom is -0.381 e. The number of hydrogen-bond donors (Lipinski definition) is 1. The van der Waals surface area contributed by atoms with Crippen LogP contribution in [0.25, 0.3) is 0 Å². The van der Waals surface area contributed by atoms with Crippen molar-refractivity contribution in [1.29, 1.82) is 0 Å². The van der Waals surface area contributed by atoms with Crippen molar-refractivity contribution in [3.63, 3.8) is 0 Å². The van der Waals surface area contributed by atoms with Gasteiger partial charge in [-0.25, -0.2) is 0 Å². The average Bonchev–Trinajstić information content (AvgIpc) is 2.90. The quantitative estimate of drug-likeness (QED) is 0.897. The van der Waals surface area contributed by atoms with Crippen LogP contribution in [0.4, 0.5) is 5.69 Å². The van der Waals surface area contributed by atoms with E-state index in [1.165, 1.54) is 5.56 Å². The number of nitrogens with two attached hydrogens (primary N) is 1. The number of ether oxygens (including phenoxy) is 1. The molecule has 2 heterocycles. The third-order valence-corrected chi connectivity index (χ3v) is 5.21. The summed E-state index contributed by atoms with van der Waals surface area (Å²) < 4.78 is 5.46. The number of carbonyl (C=O) groups excluding carboxylic acids is 1. The van der Waals surface area contributed by atoms with Gasteiger partial charge in [-0.2, -0.15) is 0 Å². The van der Waals surface area contributed by atoms with E-state index in [-0.39, 0.29) is 36.5 Å². The molecular weight excluding hydrogens is 326 g/mol. The Morgan fingerprint density at radius 1 is 1.38 bits per heavy atom. The second-order valence-electron chi connectivity index (χ2n) is 6.69. The smallest absolute Gasteiger partial charge is 0.241 e. The fourth-order valence-corrected chi connectivity index (χ4v) is 3.93. The van der Waals surface area contributed by atoms with Crippen LogP contribution in [0.2, 0.25) is 0 Å². The van der Waals surface area contributed by atoms with Crippen LogP contribution in [0.3, 0.4) is 0 Å². The summed E-state index contributed by atoms with van der Waals surface area (Å²) in [5, 5.41) is 0. The first-order chi connectivity index (χ1) is 11.1. The highest BCUT2D eigenvalue weighted by Crippen LogP contribution is 2.32. The molecule has 0 spiro atoms. The maximum atomic E-state index is 12.9. The molecular formula is C18H28ClN3O2. The van der Waals surface area contributed by atoms with Gasteiger partial charge in [0.25, 0.3) is 0 Å². The second-order valence-corrected chi connectivity index (χ2v) is 6.69. The predicted octanol–water partition coefficient (Wildman–Crippen LogP) is 1.82. The molecule has 1 amide bonds. The highest BCUT2D eigenvalue weighted by atomic mass is 35.5. The zero-order valence-corrected chi connectivity index (χ0v) is 15.3. The van der Waals surface area contributed by atoms with Gasteiger partial charge in [-0.3, -0.25) is 9.69 Å². The number of anilines is 1. The van der Waals surface area contributed by atoms with Crippen molar-refractivity contribution in [3.05, 3.63) is 29.8 Å². The Hall–Kier alpha value is -1.14. The number of likely N-dealkylation sites (tertiary alicyclic amines) is 1. The zero-order chi connectivity index (χ0) is 16.4. The third-order valence-electron chi connectivity index (χ3n) is 5.21. The maximum Gasteiger partial charge on any atom is 0.241 e. The van der Waals surface area contributed by atoms with Crippen LogP contribution in [0.15, 0.2) is 24.3 Å². The molecule has 5 nitrogen and oxygen atoms in total. The standard InChI is InChI=1S/C18H27N3O2.ClH/c1-13-9-14-5-3-4-6-17(14)21(13)18(22)12-20-8-7-16(23-2)10-15(20)11-19;/h3-6,13,15-16H,7-12,19H2,1-2H3;1H. The Labute approximate surface area is 150 Å². The molecule has 3 atom stereocenters. The summed E-state index contributed by atoms with van der Waals surface area (Å²) in [7, 11) is 1.75. The van der Waals surface area contributed by atoms with Crippen molar-refractivity contribution in [3.8, 4) is 0 Å². The van der Waals surface area contributed by atoms with Gasteiger partial charge in [-0.1, -0.05) is 18.2 Å². The average molecular weight is 354 g/mol. The minimum absolute atomic E-state index is 0. The first-order valence-electron chi connectivity index (χ1n) is 8.51. The summed E-state index contributed by atoms with van der Waals surface area (Å²) in [5.74, 6) is 0.178. The van der Waals surface area contributed by atoms with Crippen molar-refractivity contribution in [2.75, 3.05) is 31.6 Å². The summed E-state index contributed by atoms with van der Waals surface area (Å²) in [6, 6.07) is 8.67. The SMILES string of the molecule is COC1CCN(CC(=O)N2c3ccccc3CC2C)C(CN)C1.Cl. The van der Waals surface area contributed by atoms with Gasteiger partial charge >= 0.3 is 0 Å². The summed E-state index contributed by atoms with van der Waals surface area (Å²) in [6.07, 6.45) is 3.08. The van der Waals surface area contributed by atoms with Crippen molar-refractivity contribution in [1.82, 2.24) is 4.90 Å². The molecule has 3 unspecified atom stereocenters. The molecule has 1 aromatic carbocycles. The van der Waals surface area contributed by atoms with Gasteiger partial charge in [0.15, 0.2) is 0 Å². The highest BCUT2D eigenvalue weighted by Gasteiger charge is 2.34. The van der Waals surface area contributed by atoms with Crippen LogP contribution in [-0.4, -0.2) is 55.7 Å². The second kappa shape index (κ2) is 8.30. The van der Waals surface area contributed by atoms with E-state index in [2.05, 4.69) is 17.9 Å². The number of rotatable bonds is 4. The predicted molar refractivity (Wildman–Crippen MR) is 98.8 cm³/mol. The Morgan fingerprint density at radius 2 is 2.12 bits per heavy atom. The van der Waals surface area contributed by atoms with Gasteiger partial charge < -0.3 is 15.4 Å². The van der Waals surface area contributed by atoms with Gasteiger partial charge in [0, 0.05) is 38.0 Å². The number of benzene rings is 1. The minimum atomic E-state index is 0. The Morgan fingerprint density at radius 3 is 2.83 bits per heavy atom. The Kier molecular flexibility index (Phi) is 6.63. The molecule has 1 aromatic rings. The van der Waals surface area contributed by atoms with E-state index in [0.29, 0.717) is 13.1 Å². The number of piperidine rings is 1. The van der Waals surface area contributed by atoms with E-state index in [9.17, 15) is 4.79 Å². The van der Waals surface area contributed by atoms with E-state index >= 15 is 0 Å². The molecule has 0 saturated carbocycles. The Bertz CT molecular complexity index is 569. The number of carbonyl (C=O) groups is 1. The van der Waals surface area contributed by atoms with E-state index in [1.54, 1.807) is 7.11 Å². The fraction of sp³-hybridized carbons (Fsp3) is 0.611. The molecule has 24 heavy (non-hydrogen) atoms. The highest BCUT2D eigenvalue weighted by molar-refractivity contribution is 5.97. The van der Waals surface area contributed by atoms with Gasteiger partial charge in [-0.15, -0.1) is 12.4 Å². The fourth-order valence-electron chi connectivity index (χ4n) is 3.93. The van der Waals surface area contributed by atoms with Crippen LogP contribution in [0.1, 0.15) is 25.3 Å². The van der Waals surface area contributed by atoms with Crippen molar-refractivity contribution >= 4 is 24.0 Å². The van der Waals surface area contributed by atoms with Crippen LogP contribution in [0.5, 0.6) is 0 Å². The Balaban J connectivity index is 0.00000208. The first-order valence-corrected chi connectivity index (χ1v) is 8.51. The molecule has 2 aliphatic rings. The van der Waals surface area contributed by atoms with Crippen molar-refractivity contribution in [2.24, 2.45) is 5.73 Å². The lowest BCUT2D eigenvalue weighted by atomic mass is 9.99. The molecule has 1 saturated heterocycles. The van der Waals surface area contributed by atoms with Crippen molar-refractivity contribution in [2.45, 2.75) is 44.4 Å². The van der Waals surface area contributed by atoms with Gasteiger partial charge in [-0.05, 0) is 37.8 Å². The molecule has 0 aliphatic carbocycles.